The van der Waals surface area contributed by atoms with Gasteiger partial charge in [-0.3, -0.25) is 4.98 Å². The molecule has 2 aromatic carbocycles. The molecule has 0 saturated heterocycles. The Balaban J connectivity index is 1.70. The summed E-state index contributed by atoms with van der Waals surface area (Å²) in [5, 5.41) is 0. The lowest BCUT2D eigenvalue weighted by Gasteiger charge is -2.09. The maximum Gasteiger partial charge on any atom is 0.319 e. The topological polar surface area (TPSA) is 70.0 Å². The van der Waals surface area contributed by atoms with E-state index in [2.05, 4.69) is 19.9 Å². The predicted octanol–water partition coefficient (Wildman–Crippen LogP) is 3.77. The first-order valence-corrected chi connectivity index (χ1v) is 8.06. The number of para-hydroxylation sites is 2. The van der Waals surface area contributed by atoms with E-state index in [4.69, 9.17) is 9.47 Å². The van der Waals surface area contributed by atoms with Gasteiger partial charge in [-0.25, -0.2) is 9.97 Å². The summed E-state index contributed by atoms with van der Waals surface area (Å²) in [6, 6.07) is 16.1. The number of nitrogens with zero attached hydrogens (tertiary/aromatic N) is 4. The third kappa shape index (κ3) is 2.93. The molecule has 4 aromatic rings. The average molecular weight is 344 g/mol. The Labute approximate surface area is 150 Å². The molecule has 4 rings (SSSR count). The lowest BCUT2D eigenvalue weighted by atomic mass is 10.0. The van der Waals surface area contributed by atoms with Crippen LogP contribution in [0.5, 0.6) is 11.9 Å². The molecular weight excluding hydrogens is 328 g/mol. The van der Waals surface area contributed by atoms with Crippen LogP contribution in [0.1, 0.15) is 0 Å². The number of fused-ring (bicyclic) bond motifs is 1. The summed E-state index contributed by atoms with van der Waals surface area (Å²) in [6.45, 7) is 0. The van der Waals surface area contributed by atoms with Gasteiger partial charge in [-0.2, -0.15) is 4.98 Å². The summed E-state index contributed by atoms with van der Waals surface area (Å²) < 4.78 is 10.4. The van der Waals surface area contributed by atoms with E-state index in [0.29, 0.717) is 5.88 Å². The van der Waals surface area contributed by atoms with Gasteiger partial charge in [-0.1, -0.05) is 36.4 Å². The normalized spacial score (nSPS) is 10.7. The molecule has 6 heteroatoms. The van der Waals surface area contributed by atoms with Crippen LogP contribution in [0.25, 0.3) is 33.4 Å². The van der Waals surface area contributed by atoms with Crippen molar-refractivity contribution in [2.24, 2.45) is 0 Å². The second kappa shape index (κ2) is 6.76. The van der Waals surface area contributed by atoms with Crippen molar-refractivity contribution in [2.45, 2.75) is 0 Å². The van der Waals surface area contributed by atoms with E-state index < -0.39 is 0 Å². The van der Waals surface area contributed by atoms with Crippen LogP contribution in [0.15, 0.2) is 60.9 Å². The number of ether oxygens (including phenoxy) is 2. The summed E-state index contributed by atoms with van der Waals surface area (Å²) >= 11 is 0. The maximum absolute atomic E-state index is 5.35. The zero-order valence-corrected chi connectivity index (χ0v) is 14.4. The van der Waals surface area contributed by atoms with Crippen molar-refractivity contribution in [3.8, 4) is 34.3 Å². The molecule has 0 radical (unpaired) electrons. The molecule has 0 spiro atoms. The number of benzene rings is 2. The van der Waals surface area contributed by atoms with Gasteiger partial charge in [-0.05, 0) is 17.7 Å². The summed E-state index contributed by atoms with van der Waals surface area (Å²) in [5.74, 6) is 0.468. The average Bonchev–Trinajstić information content (AvgIpc) is 2.73. The first-order valence-electron chi connectivity index (χ1n) is 8.06. The van der Waals surface area contributed by atoms with Gasteiger partial charge in [0.1, 0.15) is 0 Å². The Kier molecular flexibility index (Phi) is 4.15. The molecule has 0 aliphatic rings. The van der Waals surface area contributed by atoms with Crippen LogP contribution >= 0.6 is 0 Å². The SMILES string of the molecule is COc1ncc(-c2ccc(-c3cnc4ccccc4n3)cc2)c(OC)n1. The van der Waals surface area contributed by atoms with Crippen LogP contribution in [-0.4, -0.2) is 34.2 Å². The smallest absolute Gasteiger partial charge is 0.319 e. The van der Waals surface area contributed by atoms with E-state index in [9.17, 15) is 0 Å². The van der Waals surface area contributed by atoms with Crippen molar-refractivity contribution >= 4 is 11.0 Å². The quantitative estimate of drug-likeness (QED) is 0.561. The van der Waals surface area contributed by atoms with Crippen molar-refractivity contribution in [3.63, 3.8) is 0 Å². The molecule has 0 aliphatic carbocycles. The second-order valence-electron chi connectivity index (χ2n) is 5.60. The van der Waals surface area contributed by atoms with Crippen molar-refractivity contribution < 1.29 is 9.47 Å². The Morgan fingerprint density at radius 3 is 2.15 bits per heavy atom. The Morgan fingerprint density at radius 1 is 0.692 bits per heavy atom. The van der Waals surface area contributed by atoms with E-state index in [-0.39, 0.29) is 6.01 Å². The molecule has 128 valence electrons. The van der Waals surface area contributed by atoms with Gasteiger partial charge in [0.25, 0.3) is 0 Å². The highest BCUT2D eigenvalue weighted by atomic mass is 16.5. The first kappa shape index (κ1) is 16.0. The molecule has 0 unspecified atom stereocenters. The van der Waals surface area contributed by atoms with Gasteiger partial charge in [0, 0.05) is 11.8 Å². The third-order valence-corrected chi connectivity index (χ3v) is 4.05. The Morgan fingerprint density at radius 2 is 1.42 bits per heavy atom. The molecule has 26 heavy (non-hydrogen) atoms. The van der Waals surface area contributed by atoms with E-state index in [1.54, 1.807) is 19.5 Å². The highest BCUT2D eigenvalue weighted by molar-refractivity contribution is 5.77. The van der Waals surface area contributed by atoms with Crippen molar-refractivity contribution in [2.75, 3.05) is 14.2 Å². The van der Waals surface area contributed by atoms with Gasteiger partial charge in [-0.15, -0.1) is 0 Å². The minimum atomic E-state index is 0.272. The van der Waals surface area contributed by atoms with Crippen LogP contribution < -0.4 is 9.47 Å². The highest BCUT2D eigenvalue weighted by Crippen LogP contribution is 2.30. The Hall–Kier alpha value is -3.54. The number of rotatable bonds is 4. The molecule has 0 fully saturated rings. The number of methoxy groups -OCH3 is 2. The van der Waals surface area contributed by atoms with Gasteiger partial charge in [0.05, 0.1) is 42.7 Å². The largest absolute Gasteiger partial charge is 0.480 e. The first-order chi connectivity index (χ1) is 12.8. The van der Waals surface area contributed by atoms with Gasteiger partial charge < -0.3 is 9.47 Å². The van der Waals surface area contributed by atoms with Crippen LogP contribution in [0.3, 0.4) is 0 Å². The van der Waals surface area contributed by atoms with E-state index >= 15 is 0 Å². The fraction of sp³-hybridized carbons (Fsp3) is 0.100. The minimum Gasteiger partial charge on any atom is -0.480 e. The van der Waals surface area contributed by atoms with Crippen LogP contribution in [0.4, 0.5) is 0 Å². The summed E-state index contributed by atoms with van der Waals surface area (Å²) in [6.07, 6.45) is 3.48. The van der Waals surface area contributed by atoms with E-state index in [1.165, 1.54) is 7.11 Å². The molecule has 6 nitrogen and oxygen atoms in total. The zero-order chi connectivity index (χ0) is 17.9. The zero-order valence-electron chi connectivity index (χ0n) is 14.4. The molecule has 0 bridgehead atoms. The van der Waals surface area contributed by atoms with Crippen LogP contribution in [0.2, 0.25) is 0 Å². The fourth-order valence-electron chi connectivity index (χ4n) is 2.72. The lowest BCUT2D eigenvalue weighted by Crippen LogP contribution is -1.97. The number of hydrogen-bond donors (Lipinski definition) is 0. The number of aromatic nitrogens is 4. The van der Waals surface area contributed by atoms with Gasteiger partial charge in [0.15, 0.2) is 0 Å². The molecular formula is C20H16N4O2. The standard InChI is InChI=1S/C20H16N4O2/c1-25-19-15(11-22-20(24-19)26-2)13-7-9-14(10-8-13)18-12-21-16-5-3-4-6-17(16)23-18/h3-12H,1-2H3. The monoisotopic (exact) mass is 344 g/mol. The van der Waals surface area contributed by atoms with Crippen molar-refractivity contribution in [3.05, 3.63) is 60.9 Å². The molecule has 2 heterocycles. The van der Waals surface area contributed by atoms with E-state index in [1.807, 2.05) is 48.5 Å². The molecule has 0 amide bonds. The minimum absolute atomic E-state index is 0.272. The summed E-state index contributed by atoms with van der Waals surface area (Å²) in [5.41, 5.74) is 5.31. The van der Waals surface area contributed by atoms with Crippen LogP contribution in [-0.2, 0) is 0 Å². The van der Waals surface area contributed by atoms with E-state index in [0.717, 1.165) is 33.4 Å². The molecule has 0 aliphatic heterocycles. The third-order valence-electron chi connectivity index (χ3n) is 4.05. The van der Waals surface area contributed by atoms with Crippen LogP contribution in [0, 0.1) is 0 Å². The fourth-order valence-corrected chi connectivity index (χ4v) is 2.72. The van der Waals surface area contributed by atoms with Gasteiger partial charge >= 0.3 is 6.01 Å². The number of hydrogen-bond acceptors (Lipinski definition) is 6. The highest BCUT2D eigenvalue weighted by Gasteiger charge is 2.11. The summed E-state index contributed by atoms with van der Waals surface area (Å²) in [4.78, 5) is 17.5. The summed E-state index contributed by atoms with van der Waals surface area (Å²) in [7, 11) is 3.10. The van der Waals surface area contributed by atoms with Gasteiger partial charge in [0.2, 0.25) is 5.88 Å². The molecule has 0 saturated carbocycles. The second-order valence-corrected chi connectivity index (χ2v) is 5.60. The molecule has 0 N–H and O–H groups in total. The lowest BCUT2D eigenvalue weighted by molar-refractivity contribution is 0.353. The molecule has 2 aromatic heterocycles. The maximum atomic E-state index is 5.35. The molecule has 0 atom stereocenters. The predicted molar refractivity (Wildman–Crippen MR) is 99.1 cm³/mol. The van der Waals surface area contributed by atoms with Crippen molar-refractivity contribution in [1.82, 2.24) is 19.9 Å². The van der Waals surface area contributed by atoms with Crippen molar-refractivity contribution in [1.29, 1.82) is 0 Å². The Bertz CT molecular complexity index is 1060.